The molecule has 1 aromatic carbocycles. The van der Waals surface area contributed by atoms with Crippen LogP contribution in [0.1, 0.15) is 23.0 Å². The summed E-state index contributed by atoms with van der Waals surface area (Å²) in [5.41, 5.74) is 2.67. The summed E-state index contributed by atoms with van der Waals surface area (Å²) >= 11 is 1.47. The molecule has 0 N–H and O–H groups in total. The summed E-state index contributed by atoms with van der Waals surface area (Å²) in [5.74, 6) is -0.0851. The highest BCUT2D eigenvalue weighted by molar-refractivity contribution is 7.13. The van der Waals surface area contributed by atoms with Gasteiger partial charge in [-0.25, -0.2) is 9.78 Å². The van der Waals surface area contributed by atoms with Crippen LogP contribution in [-0.4, -0.2) is 59.6 Å². The Hall–Kier alpha value is -2.41. The van der Waals surface area contributed by atoms with E-state index < -0.39 is 0 Å². The van der Waals surface area contributed by atoms with Crippen LogP contribution in [0.25, 0.3) is 10.6 Å². The van der Waals surface area contributed by atoms with Crippen molar-refractivity contribution in [3.63, 3.8) is 0 Å². The van der Waals surface area contributed by atoms with E-state index >= 15 is 0 Å². The molecule has 0 atom stereocenters. The maximum absolute atomic E-state index is 12.6. The molecule has 2 amide bonds. The maximum atomic E-state index is 12.6. The van der Waals surface area contributed by atoms with Crippen LogP contribution in [0.5, 0.6) is 0 Å². The molecule has 0 unspecified atom stereocenters. The summed E-state index contributed by atoms with van der Waals surface area (Å²) in [6.07, 6.45) is -0.315. The number of aromatic nitrogens is 1. The molecule has 25 heavy (non-hydrogen) atoms. The second-order valence-corrected chi connectivity index (χ2v) is 6.74. The fraction of sp³-hybridized carbons (Fsp3) is 0.389. The summed E-state index contributed by atoms with van der Waals surface area (Å²) in [6.45, 7) is 6.14. The largest absolute Gasteiger partial charge is 0.450 e. The zero-order valence-corrected chi connectivity index (χ0v) is 15.2. The second kappa shape index (κ2) is 7.65. The second-order valence-electron chi connectivity index (χ2n) is 5.88. The zero-order chi connectivity index (χ0) is 17.8. The fourth-order valence-electron chi connectivity index (χ4n) is 2.67. The van der Waals surface area contributed by atoms with Crippen molar-refractivity contribution in [2.24, 2.45) is 0 Å². The molecule has 3 rings (SSSR count). The molecule has 2 aromatic rings. The molecule has 1 aliphatic rings. The summed E-state index contributed by atoms with van der Waals surface area (Å²) in [7, 11) is 0. The number of benzene rings is 1. The van der Waals surface area contributed by atoms with E-state index in [9.17, 15) is 9.59 Å². The van der Waals surface area contributed by atoms with Crippen molar-refractivity contribution in [2.75, 3.05) is 32.8 Å². The monoisotopic (exact) mass is 359 g/mol. The standard InChI is InChI=1S/C18H21N3O3S/c1-3-24-18(23)21-10-8-20(9-11-21)17(22)15-12-25-16(19-15)14-6-4-13(2)5-7-14/h4-7,12H,3,8-11H2,1-2H3. The molecule has 2 heterocycles. The lowest BCUT2D eigenvalue weighted by Gasteiger charge is -2.33. The predicted octanol–water partition coefficient (Wildman–Crippen LogP) is 3.03. The molecule has 0 bridgehead atoms. The number of rotatable bonds is 3. The van der Waals surface area contributed by atoms with Gasteiger partial charge in [-0.15, -0.1) is 11.3 Å². The maximum Gasteiger partial charge on any atom is 0.409 e. The molecule has 0 aliphatic carbocycles. The first-order valence-corrected chi connectivity index (χ1v) is 9.20. The number of nitrogens with zero attached hydrogens (tertiary/aromatic N) is 3. The topological polar surface area (TPSA) is 62.7 Å². The van der Waals surface area contributed by atoms with Crippen molar-refractivity contribution in [1.82, 2.24) is 14.8 Å². The van der Waals surface area contributed by atoms with Crippen molar-refractivity contribution < 1.29 is 14.3 Å². The number of ether oxygens (including phenoxy) is 1. The number of carbonyl (C=O) groups is 2. The quantitative estimate of drug-likeness (QED) is 0.845. The first-order chi connectivity index (χ1) is 12.1. The van der Waals surface area contributed by atoms with E-state index in [0.29, 0.717) is 38.5 Å². The van der Waals surface area contributed by atoms with Crippen molar-refractivity contribution >= 4 is 23.3 Å². The van der Waals surface area contributed by atoms with Gasteiger partial charge >= 0.3 is 6.09 Å². The van der Waals surface area contributed by atoms with Gasteiger partial charge in [0.2, 0.25) is 0 Å². The molecule has 1 aromatic heterocycles. The molecule has 1 saturated heterocycles. The Balaban J connectivity index is 1.63. The van der Waals surface area contributed by atoms with Crippen molar-refractivity contribution in [3.8, 4) is 10.6 Å². The molecule has 0 saturated carbocycles. The van der Waals surface area contributed by atoms with Gasteiger partial charge in [-0.3, -0.25) is 4.79 Å². The van der Waals surface area contributed by atoms with E-state index in [4.69, 9.17) is 4.74 Å². The lowest BCUT2D eigenvalue weighted by Crippen LogP contribution is -2.50. The highest BCUT2D eigenvalue weighted by atomic mass is 32.1. The van der Waals surface area contributed by atoms with E-state index in [0.717, 1.165) is 10.6 Å². The van der Waals surface area contributed by atoms with Gasteiger partial charge in [0.15, 0.2) is 0 Å². The van der Waals surface area contributed by atoms with E-state index in [-0.39, 0.29) is 12.0 Å². The van der Waals surface area contributed by atoms with Gasteiger partial charge < -0.3 is 14.5 Å². The van der Waals surface area contributed by atoms with Crippen molar-refractivity contribution in [2.45, 2.75) is 13.8 Å². The van der Waals surface area contributed by atoms with Crippen LogP contribution in [0, 0.1) is 6.92 Å². The number of piperazine rings is 1. The third-order valence-electron chi connectivity index (χ3n) is 4.11. The average Bonchev–Trinajstić information content (AvgIpc) is 3.12. The molecule has 0 radical (unpaired) electrons. The average molecular weight is 359 g/mol. The molecule has 6 nitrogen and oxygen atoms in total. The molecule has 1 aliphatic heterocycles. The molecule has 132 valence electrons. The Morgan fingerprint density at radius 3 is 2.40 bits per heavy atom. The zero-order valence-electron chi connectivity index (χ0n) is 14.4. The van der Waals surface area contributed by atoms with Crippen LogP contribution in [0.4, 0.5) is 4.79 Å². The van der Waals surface area contributed by atoms with Crippen LogP contribution in [-0.2, 0) is 4.74 Å². The van der Waals surface area contributed by atoms with E-state index in [2.05, 4.69) is 4.98 Å². The first-order valence-electron chi connectivity index (χ1n) is 8.32. The summed E-state index contributed by atoms with van der Waals surface area (Å²) in [5, 5.41) is 2.64. The minimum Gasteiger partial charge on any atom is -0.450 e. The van der Waals surface area contributed by atoms with Gasteiger partial charge in [0.25, 0.3) is 5.91 Å². The number of amides is 2. The Morgan fingerprint density at radius 1 is 1.12 bits per heavy atom. The number of hydrogen-bond donors (Lipinski definition) is 0. The first kappa shape index (κ1) is 17.4. The lowest BCUT2D eigenvalue weighted by atomic mass is 10.2. The van der Waals surface area contributed by atoms with Gasteiger partial charge in [-0.1, -0.05) is 29.8 Å². The van der Waals surface area contributed by atoms with Gasteiger partial charge in [0.05, 0.1) is 6.61 Å². The van der Waals surface area contributed by atoms with Gasteiger partial charge in [0, 0.05) is 37.1 Å². The van der Waals surface area contributed by atoms with Gasteiger partial charge in [0.1, 0.15) is 10.7 Å². The Bertz CT molecular complexity index is 749. The summed E-state index contributed by atoms with van der Waals surface area (Å²) in [4.78, 5) is 32.2. The third-order valence-corrected chi connectivity index (χ3v) is 5.01. The Morgan fingerprint density at radius 2 is 1.76 bits per heavy atom. The third kappa shape index (κ3) is 3.99. The molecule has 1 fully saturated rings. The van der Waals surface area contributed by atoms with Crippen LogP contribution < -0.4 is 0 Å². The van der Waals surface area contributed by atoms with Crippen molar-refractivity contribution in [1.29, 1.82) is 0 Å². The minimum atomic E-state index is -0.315. The van der Waals surface area contributed by atoms with E-state index in [1.54, 1.807) is 22.1 Å². The highest BCUT2D eigenvalue weighted by Gasteiger charge is 2.26. The normalized spacial score (nSPS) is 14.5. The van der Waals surface area contributed by atoms with Gasteiger partial charge in [-0.2, -0.15) is 0 Å². The highest BCUT2D eigenvalue weighted by Crippen LogP contribution is 2.24. The number of aryl methyl sites for hydroxylation is 1. The smallest absolute Gasteiger partial charge is 0.409 e. The number of carbonyl (C=O) groups excluding carboxylic acids is 2. The number of hydrogen-bond acceptors (Lipinski definition) is 5. The Labute approximate surface area is 151 Å². The molecule has 7 heteroatoms. The molecule has 0 spiro atoms. The molecular formula is C18H21N3O3S. The van der Waals surface area contributed by atoms with Crippen LogP contribution in [0.2, 0.25) is 0 Å². The summed E-state index contributed by atoms with van der Waals surface area (Å²) in [6, 6.07) is 8.10. The number of thiazole rings is 1. The molecular weight excluding hydrogens is 338 g/mol. The van der Waals surface area contributed by atoms with Crippen LogP contribution >= 0.6 is 11.3 Å². The lowest BCUT2D eigenvalue weighted by molar-refractivity contribution is 0.0566. The van der Waals surface area contributed by atoms with Crippen LogP contribution in [0.3, 0.4) is 0 Å². The fourth-order valence-corrected chi connectivity index (χ4v) is 3.47. The van der Waals surface area contributed by atoms with Crippen molar-refractivity contribution in [3.05, 3.63) is 40.9 Å². The van der Waals surface area contributed by atoms with Crippen LogP contribution in [0.15, 0.2) is 29.6 Å². The predicted molar refractivity (Wildman–Crippen MR) is 96.8 cm³/mol. The summed E-state index contributed by atoms with van der Waals surface area (Å²) < 4.78 is 5.00. The van der Waals surface area contributed by atoms with E-state index in [1.807, 2.05) is 31.2 Å². The van der Waals surface area contributed by atoms with E-state index in [1.165, 1.54) is 16.9 Å². The minimum absolute atomic E-state index is 0.0851. The SMILES string of the molecule is CCOC(=O)N1CCN(C(=O)c2csc(-c3ccc(C)cc3)n2)CC1. The van der Waals surface area contributed by atoms with Gasteiger partial charge in [-0.05, 0) is 13.8 Å². The Kier molecular flexibility index (Phi) is 5.33.